The Morgan fingerprint density at radius 2 is 1.68 bits per heavy atom. The Hall–Kier alpha value is -3.21. The molecule has 0 saturated carbocycles. The molecule has 0 aliphatic heterocycles. The van der Waals surface area contributed by atoms with Gasteiger partial charge >= 0.3 is 5.97 Å². The third-order valence-corrected chi connectivity index (χ3v) is 4.00. The van der Waals surface area contributed by atoms with Crippen LogP contribution in [0.25, 0.3) is 10.9 Å². The molecule has 0 fully saturated rings. The molecule has 3 aromatic rings. The van der Waals surface area contributed by atoms with Crippen LogP contribution in [0.2, 0.25) is 0 Å². The van der Waals surface area contributed by atoms with E-state index in [9.17, 15) is 14.7 Å². The van der Waals surface area contributed by atoms with Gasteiger partial charge in [0.2, 0.25) is 0 Å². The maximum atomic E-state index is 12.4. The Morgan fingerprint density at radius 3 is 2.44 bits per heavy atom. The molecule has 1 unspecified atom stereocenters. The van der Waals surface area contributed by atoms with Gasteiger partial charge in [0.1, 0.15) is 11.7 Å². The number of carboxylic acids is 1. The average Bonchev–Trinajstić information content (AvgIpc) is 2.65. The van der Waals surface area contributed by atoms with Crippen molar-refractivity contribution < 1.29 is 14.7 Å². The number of hydrogen-bond donors (Lipinski definition) is 2. The number of hydrogen-bond acceptors (Lipinski definition) is 3. The fraction of sp³-hybridized carbons (Fsp3) is 0.150. The molecule has 0 saturated heterocycles. The molecule has 0 aliphatic carbocycles. The van der Waals surface area contributed by atoms with Crippen molar-refractivity contribution in [3.63, 3.8) is 0 Å². The highest BCUT2D eigenvalue weighted by Crippen LogP contribution is 2.12. The smallest absolute Gasteiger partial charge is 0.326 e. The van der Waals surface area contributed by atoms with Gasteiger partial charge in [-0.1, -0.05) is 54.6 Å². The van der Waals surface area contributed by atoms with Crippen LogP contribution in [0.3, 0.4) is 0 Å². The van der Waals surface area contributed by atoms with Gasteiger partial charge in [-0.3, -0.25) is 4.79 Å². The molecule has 0 radical (unpaired) electrons. The van der Waals surface area contributed by atoms with Gasteiger partial charge in [0.05, 0.1) is 5.52 Å². The first-order valence-electron chi connectivity index (χ1n) is 8.07. The number of nitrogens with zero attached hydrogens (tertiary/aromatic N) is 1. The molecule has 3 rings (SSSR count). The summed E-state index contributed by atoms with van der Waals surface area (Å²) in [6.45, 7) is 0. The summed E-state index contributed by atoms with van der Waals surface area (Å²) in [5.74, 6) is -1.53. The zero-order valence-electron chi connectivity index (χ0n) is 13.6. The maximum Gasteiger partial charge on any atom is 0.326 e. The summed E-state index contributed by atoms with van der Waals surface area (Å²) >= 11 is 0. The van der Waals surface area contributed by atoms with E-state index in [0.29, 0.717) is 18.4 Å². The number of carbonyl (C=O) groups excluding carboxylic acids is 1. The van der Waals surface area contributed by atoms with E-state index in [1.54, 1.807) is 12.1 Å². The lowest BCUT2D eigenvalue weighted by Crippen LogP contribution is -2.41. The summed E-state index contributed by atoms with van der Waals surface area (Å²) < 4.78 is 0. The number of nitrogens with one attached hydrogen (secondary N) is 1. The summed E-state index contributed by atoms with van der Waals surface area (Å²) in [6.07, 6.45) is 0.891. The predicted octanol–water partition coefficient (Wildman–Crippen LogP) is 3.05. The molecule has 2 aromatic carbocycles. The summed E-state index contributed by atoms with van der Waals surface area (Å²) in [7, 11) is 0. The van der Waals surface area contributed by atoms with Crippen molar-refractivity contribution in [1.82, 2.24) is 10.3 Å². The van der Waals surface area contributed by atoms with Crippen LogP contribution in [0, 0.1) is 0 Å². The summed E-state index contributed by atoms with van der Waals surface area (Å²) in [4.78, 5) is 28.1. The number of carboxylic acid groups (broad SMARTS) is 1. The van der Waals surface area contributed by atoms with Crippen molar-refractivity contribution in [2.24, 2.45) is 0 Å². The molecule has 25 heavy (non-hydrogen) atoms. The first-order chi connectivity index (χ1) is 12.1. The normalized spacial score (nSPS) is 11.8. The molecular formula is C20H18N2O3. The van der Waals surface area contributed by atoms with Gasteiger partial charge < -0.3 is 10.4 Å². The SMILES string of the molecule is O=C(NC(CCc1ccccc1)C(=O)O)c1ccc2ccccc2n1. The second-order valence-corrected chi connectivity index (χ2v) is 5.78. The molecular weight excluding hydrogens is 316 g/mol. The first-order valence-corrected chi connectivity index (χ1v) is 8.07. The predicted molar refractivity (Wildman–Crippen MR) is 95.4 cm³/mol. The number of aliphatic carboxylic acids is 1. The fourth-order valence-corrected chi connectivity index (χ4v) is 2.64. The lowest BCUT2D eigenvalue weighted by molar-refractivity contribution is -0.139. The molecule has 1 aromatic heterocycles. The maximum absolute atomic E-state index is 12.4. The van der Waals surface area contributed by atoms with Crippen LogP contribution in [0.15, 0.2) is 66.7 Å². The van der Waals surface area contributed by atoms with Crippen LogP contribution in [-0.2, 0) is 11.2 Å². The van der Waals surface area contributed by atoms with Gasteiger partial charge in [0, 0.05) is 5.39 Å². The average molecular weight is 334 g/mol. The van der Waals surface area contributed by atoms with Crippen LogP contribution in [0.1, 0.15) is 22.5 Å². The van der Waals surface area contributed by atoms with Crippen LogP contribution >= 0.6 is 0 Å². The van der Waals surface area contributed by atoms with Gasteiger partial charge in [-0.05, 0) is 30.5 Å². The number of rotatable bonds is 6. The molecule has 0 aliphatic rings. The molecule has 1 amide bonds. The zero-order valence-corrected chi connectivity index (χ0v) is 13.6. The van der Waals surface area contributed by atoms with Gasteiger partial charge in [-0.25, -0.2) is 9.78 Å². The van der Waals surface area contributed by atoms with Gasteiger partial charge in [-0.2, -0.15) is 0 Å². The highest BCUT2D eigenvalue weighted by molar-refractivity contribution is 5.96. The zero-order chi connectivity index (χ0) is 17.6. The Kier molecular flexibility index (Phi) is 5.04. The number of fused-ring (bicyclic) bond motifs is 1. The van der Waals surface area contributed by atoms with Gasteiger partial charge in [-0.15, -0.1) is 0 Å². The fourth-order valence-electron chi connectivity index (χ4n) is 2.64. The number of amides is 1. The van der Waals surface area contributed by atoms with Crippen molar-refractivity contribution in [2.75, 3.05) is 0 Å². The molecule has 2 N–H and O–H groups in total. The molecule has 5 nitrogen and oxygen atoms in total. The van der Waals surface area contributed by atoms with E-state index in [4.69, 9.17) is 0 Å². The van der Waals surface area contributed by atoms with E-state index in [2.05, 4.69) is 10.3 Å². The summed E-state index contributed by atoms with van der Waals surface area (Å²) in [5, 5.41) is 12.9. The second kappa shape index (κ2) is 7.57. The van der Waals surface area contributed by atoms with Crippen LogP contribution in [0.4, 0.5) is 0 Å². The Balaban J connectivity index is 1.70. The van der Waals surface area contributed by atoms with Crippen LogP contribution < -0.4 is 5.32 Å². The topological polar surface area (TPSA) is 79.3 Å². The number of pyridine rings is 1. The van der Waals surface area contributed by atoms with E-state index in [1.807, 2.05) is 54.6 Å². The second-order valence-electron chi connectivity index (χ2n) is 5.78. The number of aromatic nitrogens is 1. The number of aryl methyl sites for hydroxylation is 1. The van der Waals surface area contributed by atoms with Gasteiger partial charge in [0.25, 0.3) is 5.91 Å². The van der Waals surface area contributed by atoms with Crippen LogP contribution in [0.5, 0.6) is 0 Å². The van der Waals surface area contributed by atoms with E-state index in [-0.39, 0.29) is 5.69 Å². The van der Waals surface area contributed by atoms with E-state index in [1.165, 1.54) is 0 Å². The minimum Gasteiger partial charge on any atom is -0.480 e. The number of carbonyl (C=O) groups is 2. The molecule has 0 spiro atoms. The van der Waals surface area contributed by atoms with Crippen molar-refractivity contribution in [3.05, 3.63) is 78.0 Å². The van der Waals surface area contributed by atoms with Gasteiger partial charge in [0.15, 0.2) is 0 Å². The minimum absolute atomic E-state index is 0.213. The third kappa shape index (κ3) is 4.20. The molecule has 5 heteroatoms. The Bertz CT molecular complexity index is 894. The molecule has 1 atom stereocenters. The molecule has 0 bridgehead atoms. The quantitative estimate of drug-likeness (QED) is 0.726. The van der Waals surface area contributed by atoms with E-state index < -0.39 is 17.9 Å². The van der Waals surface area contributed by atoms with E-state index >= 15 is 0 Å². The largest absolute Gasteiger partial charge is 0.480 e. The third-order valence-electron chi connectivity index (χ3n) is 4.00. The van der Waals surface area contributed by atoms with Crippen molar-refractivity contribution in [3.8, 4) is 0 Å². The Labute approximate surface area is 145 Å². The standard InChI is InChI=1S/C20H18N2O3/c23-19(17-13-11-15-8-4-5-9-16(15)21-17)22-18(20(24)25)12-10-14-6-2-1-3-7-14/h1-9,11,13,18H,10,12H2,(H,22,23)(H,24,25). The molecule has 1 heterocycles. The van der Waals surface area contributed by atoms with Crippen LogP contribution in [-0.4, -0.2) is 28.0 Å². The Morgan fingerprint density at radius 1 is 0.960 bits per heavy atom. The highest BCUT2D eigenvalue weighted by atomic mass is 16.4. The monoisotopic (exact) mass is 334 g/mol. The number of para-hydroxylation sites is 1. The molecule has 126 valence electrons. The van der Waals surface area contributed by atoms with Crippen molar-refractivity contribution >= 4 is 22.8 Å². The lowest BCUT2D eigenvalue weighted by atomic mass is 10.1. The van der Waals surface area contributed by atoms with Crippen molar-refractivity contribution in [2.45, 2.75) is 18.9 Å². The summed E-state index contributed by atoms with van der Waals surface area (Å²) in [5.41, 5.74) is 1.95. The van der Waals surface area contributed by atoms with E-state index in [0.717, 1.165) is 10.9 Å². The summed E-state index contributed by atoms with van der Waals surface area (Å²) in [6, 6.07) is 19.5. The lowest BCUT2D eigenvalue weighted by Gasteiger charge is -2.14. The van der Waals surface area contributed by atoms with Crippen molar-refractivity contribution in [1.29, 1.82) is 0 Å². The first kappa shape index (κ1) is 16.6. The minimum atomic E-state index is -1.05. The highest BCUT2D eigenvalue weighted by Gasteiger charge is 2.21. The number of benzene rings is 2.